The Morgan fingerprint density at radius 3 is 2.86 bits per heavy atom. The number of aromatic amines is 1. The van der Waals surface area contributed by atoms with Crippen LogP contribution in [-0.2, 0) is 0 Å². The lowest BCUT2D eigenvalue weighted by Gasteiger charge is -2.29. The second-order valence-corrected chi connectivity index (χ2v) is 5.84. The highest BCUT2D eigenvalue weighted by Gasteiger charge is 2.14. The molecule has 21 heavy (non-hydrogen) atoms. The van der Waals surface area contributed by atoms with Crippen molar-refractivity contribution >= 4 is 16.9 Å². The zero-order valence-corrected chi connectivity index (χ0v) is 12.4. The Kier molecular flexibility index (Phi) is 4.20. The maximum atomic E-state index is 12.0. The van der Waals surface area contributed by atoms with Gasteiger partial charge in [-0.05, 0) is 45.0 Å². The second kappa shape index (κ2) is 6.26. The molecule has 2 N–H and O–H groups in total. The van der Waals surface area contributed by atoms with E-state index in [4.69, 9.17) is 0 Å². The average molecular weight is 286 g/mol. The van der Waals surface area contributed by atoms with Crippen LogP contribution in [0.2, 0.25) is 0 Å². The van der Waals surface area contributed by atoms with Gasteiger partial charge < -0.3 is 10.2 Å². The molecule has 112 valence electrons. The first-order valence-electron chi connectivity index (χ1n) is 7.70. The van der Waals surface area contributed by atoms with Crippen LogP contribution >= 0.6 is 0 Å². The van der Waals surface area contributed by atoms with Crippen molar-refractivity contribution in [3.05, 3.63) is 34.6 Å². The number of nitrogens with zero attached hydrogens (tertiary/aromatic N) is 2. The van der Waals surface area contributed by atoms with Crippen molar-refractivity contribution in [2.75, 3.05) is 25.0 Å². The third-order valence-corrected chi connectivity index (χ3v) is 3.98. The number of para-hydroxylation sites is 1. The predicted molar refractivity (Wildman–Crippen MR) is 85.7 cm³/mol. The Labute approximate surface area is 124 Å². The van der Waals surface area contributed by atoms with E-state index in [1.807, 2.05) is 18.2 Å². The van der Waals surface area contributed by atoms with Gasteiger partial charge in [-0.25, -0.2) is 4.98 Å². The van der Waals surface area contributed by atoms with E-state index in [-0.39, 0.29) is 11.6 Å². The molecule has 0 amide bonds. The zero-order chi connectivity index (χ0) is 14.7. The molecule has 1 aliphatic rings. The van der Waals surface area contributed by atoms with Gasteiger partial charge in [0.05, 0.1) is 10.9 Å². The summed E-state index contributed by atoms with van der Waals surface area (Å²) < 4.78 is 0. The van der Waals surface area contributed by atoms with Crippen LogP contribution in [-0.4, -0.2) is 40.5 Å². The standard InChI is InChI=1S/C16H22N4O/c1-12(11-20-9-5-2-6-10-20)17-16-18-14-8-4-3-7-13(14)15(21)19-16/h3-4,7-8,12H,2,5-6,9-11H2,1H3,(H2,17,18,19,21). The molecule has 0 bridgehead atoms. The Balaban J connectivity index is 1.70. The number of anilines is 1. The topological polar surface area (TPSA) is 61.0 Å². The first kappa shape index (κ1) is 14.1. The van der Waals surface area contributed by atoms with Crippen LogP contribution in [0.5, 0.6) is 0 Å². The van der Waals surface area contributed by atoms with E-state index in [1.54, 1.807) is 6.07 Å². The second-order valence-electron chi connectivity index (χ2n) is 5.84. The van der Waals surface area contributed by atoms with Crippen LogP contribution in [0.15, 0.2) is 29.1 Å². The van der Waals surface area contributed by atoms with Crippen LogP contribution in [0.4, 0.5) is 5.95 Å². The highest BCUT2D eigenvalue weighted by molar-refractivity contribution is 5.78. The van der Waals surface area contributed by atoms with Crippen LogP contribution < -0.4 is 10.9 Å². The molecule has 2 heterocycles. The maximum absolute atomic E-state index is 12.0. The van der Waals surface area contributed by atoms with E-state index >= 15 is 0 Å². The molecule has 1 fully saturated rings. The number of hydrogen-bond donors (Lipinski definition) is 2. The Morgan fingerprint density at radius 1 is 1.29 bits per heavy atom. The number of fused-ring (bicyclic) bond motifs is 1. The minimum atomic E-state index is -0.0896. The van der Waals surface area contributed by atoms with E-state index in [0.29, 0.717) is 11.3 Å². The van der Waals surface area contributed by atoms with Crippen LogP contribution in [0.3, 0.4) is 0 Å². The molecule has 1 aliphatic heterocycles. The lowest BCUT2D eigenvalue weighted by Crippen LogP contribution is -2.38. The summed E-state index contributed by atoms with van der Waals surface area (Å²) in [5, 5.41) is 3.95. The molecule has 1 atom stereocenters. The maximum Gasteiger partial charge on any atom is 0.260 e. The fourth-order valence-corrected chi connectivity index (χ4v) is 2.96. The van der Waals surface area contributed by atoms with E-state index in [9.17, 15) is 4.79 Å². The molecule has 0 saturated carbocycles. The van der Waals surface area contributed by atoms with Gasteiger partial charge in [-0.2, -0.15) is 0 Å². The molecule has 3 rings (SSSR count). The minimum Gasteiger partial charge on any atom is -0.352 e. The van der Waals surface area contributed by atoms with Crippen molar-refractivity contribution < 1.29 is 0 Å². The first-order chi connectivity index (χ1) is 10.2. The molecule has 5 heteroatoms. The van der Waals surface area contributed by atoms with E-state index in [0.717, 1.165) is 12.1 Å². The molecular formula is C16H22N4O. The number of nitrogens with one attached hydrogen (secondary N) is 2. The minimum absolute atomic E-state index is 0.0896. The number of benzene rings is 1. The summed E-state index contributed by atoms with van der Waals surface area (Å²) in [6, 6.07) is 7.67. The number of rotatable bonds is 4. The van der Waals surface area contributed by atoms with Gasteiger partial charge >= 0.3 is 0 Å². The molecule has 1 unspecified atom stereocenters. The molecular weight excluding hydrogens is 264 g/mol. The molecule has 1 aromatic heterocycles. The monoisotopic (exact) mass is 286 g/mol. The summed E-state index contributed by atoms with van der Waals surface area (Å²) in [4.78, 5) is 21.8. The van der Waals surface area contributed by atoms with Crippen molar-refractivity contribution in [2.24, 2.45) is 0 Å². The molecule has 5 nitrogen and oxygen atoms in total. The van der Waals surface area contributed by atoms with Crippen LogP contribution in [0, 0.1) is 0 Å². The summed E-state index contributed by atoms with van der Waals surface area (Å²) in [6.45, 7) is 5.46. The molecule has 0 radical (unpaired) electrons. The third-order valence-electron chi connectivity index (χ3n) is 3.98. The van der Waals surface area contributed by atoms with Crippen molar-refractivity contribution in [3.8, 4) is 0 Å². The summed E-state index contributed by atoms with van der Waals surface area (Å²) in [5.74, 6) is 0.559. The summed E-state index contributed by atoms with van der Waals surface area (Å²) in [7, 11) is 0. The van der Waals surface area contributed by atoms with Gasteiger partial charge in [0.25, 0.3) is 5.56 Å². The number of H-pyrrole nitrogens is 1. The van der Waals surface area contributed by atoms with Gasteiger partial charge in [-0.3, -0.25) is 9.78 Å². The van der Waals surface area contributed by atoms with E-state index in [1.165, 1.54) is 32.4 Å². The van der Waals surface area contributed by atoms with Gasteiger partial charge in [0.1, 0.15) is 0 Å². The van der Waals surface area contributed by atoms with Crippen LogP contribution in [0.1, 0.15) is 26.2 Å². The van der Waals surface area contributed by atoms with Gasteiger partial charge in [-0.1, -0.05) is 18.6 Å². The average Bonchev–Trinajstić information content (AvgIpc) is 2.48. The van der Waals surface area contributed by atoms with Crippen molar-refractivity contribution in [1.82, 2.24) is 14.9 Å². The number of piperidine rings is 1. The molecule has 0 aliphatic carbocycles. The predicted octanol–water partition coefficient (Wildman–Crippen LogP) is 2.21. The van der Waals surface area contributed by atoms with E-state index < -0.39 is 0 Å². The number of aromatic nitrogens is 2. The smallest absolute Gasteiger partial charge is 0.260 e. The largest absolute Gasteiger partial charge is 0.352 e. The Morgan fingerprint density at radius 2 is 2.05 bits per heavy atom. The van der Waals surface area contributed by atoms with Gasteiger partial charge in [0.15, 0.2) is 0 Å². The lowest BCUT2D eigenvalue weighted by molar-refractivity contribution is 0.223. The number of likely N-dealkylation sites (tertiary alicyclic amines) is 1. The molecule has 1 aromatic carbocycles. The van der Waals surface area contributed by atoms with E-state index in [2.05, 4.69) is 27.1 Å². The highest BCUT2D eigenvalue weighted by Crippen LogP contribution is 2.11. The molecule has 2 aromatic rings. The zero-order valence-electron chi connectivity index (χ0n) is 12.4. The van der Waals surface area contributed by atoms with Crippen molar-refractivity contribution in [1.29, 1.82) is 0 Å². The number of hydrogen-bond acceptors (Lipinski definition) is 4. The van der Waals surface area contributed by atoms with Crippen molar-refractivity contribution in [2.45, 2.75) is 32.2 Å². The van der Waals surface area contributed by atoms with Gasteiger partial charge in [0, 0.05) is 12.6 Å². The highest BCUT2D eigenvalue weighted by atomic mass is 16.1. The summed E-state index contributed by atoms with van der Waals surface area (Å²) >= 11 is 0. The van der Waals surface area contributed by atoms with Gasteiger partial charge in [0.2, 0.25) is 5.95 Å². The summed E-state index contributed by atoms with van der Waals surface area (Å²) in [5.41, 5.74) is 0.641. The van der Waals surface area contributed by atoms with Gasteiger partial charge in [-0.15, -0.1) is 0 Å². The first-order valence-corrected chi connectivity index (χ1v) is 7.70. The quantitative estimate of drug-likeness (QED) is 0.904. The summed E-state index contributed by atoms with van der Waals surface area (Å²) in [6.07, 6.45) is 3.92. The fourth-order valence-electron chi connectivity index (χ4n) is 2.96. The lowest BCUT2D eigenvalue weighted by atomic mass is 10.1. The Hall–Kier alpha value is -1.88. The normalized spacial score (nSPS) is 17.8. The Bertz CT molecular complexity index is 661. The van der Waals surface area contributed by atoms with Crippen LogP contribution in [0.25, 0.3) is 10.9 Å². The molecule has 0 spiro atoms. The fraction of sp³-hybridized carbons (Fsp3) is 0.500. The van der Waals surface area contributed by atoms with Crippen molar-refractivity contribution in [3.63, 3.8) is 0 Å². The third kappa shape index (κ3) is 3.42. The molecule has 1 saturated heterocycles. The SMILES string of the molecule is CC(CN1CCCCC1)Nc1nc2ccccc2c(=O)[nH]1.